The van der Waals surface area contributed by atoms with E-state index in [4.69, 9.17) is 10.5 Å². The Bertz CT molecular complexity index is 976. The van der Waals surface area contributed by atoms with Crippen molar-refractivity contribution in [3.05, 3.63) is 54.6 Å². The van der Waals surface area contributed by atoms with E-state index in [1.165, 1.54) is 11.3 Å². The summed E-state index contributed by atoms with van der Waals surface area (Å²) in [4.78, 5) is 29.6. The third-order valence-corrected chi connectivity index (χ3v) is 5.56. The predicted molar refractivity (Wildman–Crippen MR) is 118 cm³/mol. The molecule has 0 spiro atoms. The molecule has 3 aromatic heterocycles. The molecule has 30 heavy (non-hydrogen) atoms. The first kappa shape index (κ1) is 20.2. The number of nitrogens with zero attached hydrogens (tertiary/aromatic N) is 5. The van der Waals surface area contributed by atoms with Gasteiger partial charge in [-0.05, 0) is 18.2 Å². The molecule has 1 aliphatic rings. The minimum Gasteiger partial charge on any atom is -0.378 e. The first-order chi connectivity index (χ1) is 14.7. The fourth-order valence-electron chi connectivity index (χ4n) is 3.15. The monoisotopic (exact) mass is 425 g/mol. The van der Waals surface area contributed by atoms with Crippen molar-refractivity contribution in [2.45, 2.75) is 0 Å². The van der Waals surface area contributed by atoms with Gasteiger partial charge in [0, 0.05) is 56.5 Å². The first-order valence-corrected chi connectivity index (χ1v) is 10.5. The minimum absolute atomic E-state index is 0.156. The molecule has 0 atom stereocenters. The van der Waals surface area contributed by atoms with Gasteiger partial charge in [-0.15, -0.1) is 0 Å². The van der Waals surface area contributed by atoms with Gasteiger partial charge < -0.3 is 20.7 Å². The van der Waals surface area contributed by atoms with Crippen LogP contribution in [0.5, 0.6) is 0 Å². The van der Waals surface area contributed by atoms with Crippen LogP contribution in [-0.4, -0.2) is 60.3 Å². The lowest BCUT2D eigenvalue weighted by Gasteiger charge is -2.28. The highest BCUT2D eigenvalue weighted by molar-refractivity contribution is 7.19. The maximum atomic E-state index is 12.9. The quantitative estimate of drug-likeness (QED) is 0.592. The summed E-state index contributed by atoms with van der Waals surface area (Å²) in [6.07, 6.45) is 6.63. The minimum atomic E-state index is -0.156. The van der Waals surface area contributed by atoms with E-state index in [0.717, 1.165) is 32.0 Å². The van der Waals surface area contributed by atoms with E-state index in [2.05, 4.69) is 25.2 Å². The van der Waals surface area contributed by atoms with Crippen LogP contribution in [0.15, 0.2) is 49.1 Å². The average molecular weight is 426 g/mol. The number of hydrogen-bond acceptors (Lipinski definition) is 9. The van der Waals surface area contributed by atoms with E-state index in [-0.39, 0.29) is 5.91 Å². The lowest BCUT2D eigenvalue weighted by molar-refractivity contribution is 0.0988. The number of rotatable bonds is 7. The molecule has 156 valence electrons. The molecular weight excluding hydrogens is 402 g/mol. The molecule has 3 N–H and O–H groups in total. The van der Waals surface area contributed by atoms with Crippen molar-refractivity contribution < 1.29 is 9.53 Å². The van der Waals surface area contributed by atoms with Crippen LogP contribution < -0.4 is 20.9 Å². The van der Waals surface area contributed by atoms with E-state index in [9.17, 15) is 4.79 Å². The smallest absolute Gasteiger partial charge is 0.260 e. The highest BCUT2D eigenvalue weighted by Crippen LogP contribution is 2.30. The number of hydrogen-bond donors (Lipinski definition) is 2. The number of carbonyl (C=O) groups is 1. The van der Waals surface area contributed by atoms with Crippen molar-refractivity contribution in [1.82, 2.24) is 15.0 Å². The van der Waals surface area contributed by atoms with Crippen LogP contribution in [0.3, 0.4) is 0 Å². The largest absolute Gasteiger partial charge is 0.378 e. The molecule has 1 fully saturated rings. The van der Waals surface area contributed by atoms with Crippen LogP contribution in [0.4, 0.5) is 21.6 Å². The van der Waals surface area contributed by atoms with Crippen LogP contribution in [0.2, 0.25) is 0 Å². The second-order valence-electron chi connectivity index (χ2n) is 6.61. The molecule has 0 radical (unpaired) electrons. The molecule has 0 bridgehead atoms. The third kappa shape index (κ3) is 4.73. The Kier molecular flexibility index (Phi) is 6.47. The Balaban J connectivity index is 1.49. The third-order valence-electron chi connectivity index (χ3n) is 4.62. The second kappa shape index (κ2) is 9.61. The fourth-order valence-corrected chi connectivity index (χ4v) is 4.00. The van der Waals surface area contributed by atoms with Crippen LogP contribution in [0, 0.1) is 0 Å². The van der Waals surface area contributed by atoms with Gasteiger partial charge in [-0.1, -0.05) is 11.3 Å². The number of thiazole rings is 1. The van der Waals surface area contributed by atoms with E-state index in [1.54, 1.807) is 41.8 Å². The van der Waals surface area contributed by atoms with Gasteiger partial charge in [-0.2, -0.15) is 0 Å². The number of aromatic nitrogens is 3. The summed E-state index contributed by atoms with van der Waals surface area (Å²) in [6.45, 7) is 3.90. The molecular formula is C20H23N7O2S. The van der Waals surface area contributed by atoms with Gasteiger partial charge in [0.1, 0.15) is 10.8 Å². The number of amides is 1. The number of nitrogens with one attached hydrogen (secondary N) is 1. The van der Waals surface area contributed by atoms with E-state index < -0.39 is 0 Å². The highest BCUT2D eigenvalue weighted by Gasteiger charge is 2.20. The van der Waals surface area contributed by atoms with Crippen molar-refractivity contribution >= 4 is 38.9 Å². The lowest BCUT2D eigenvalue weighted by Crippen LogP contribution is -2.36. The topological polar surface area (TPSA) is 110 Å². The molecule has 1 saturated heterocycles. The Morgan fingerprint density at radius 3 is 2.87 bits per heavy atom. The highest BCUT2D eigenvalue weighted by atomic mass is 32.1. The van der Waals surface area contributed by atoms with E-state index in [0.29, 0.717) is 34.6 Å². The van der Waals surface area contributed by atoms with Crippen LogP contribution in [0.1, 0.15) is 10.4 Å². The van der Waals surface area contributed by atoms with Crippen LogP contribution >= 0.6 is 11.3 Å². The molecule has 0 unspecified atom stereocenters. The summed E-state index contributed by atoms with van der Waals surface area (Å²) in [7, 11) is 0. The standard InChI is InChI=1S/C20H23N7O2S/c21-4-7-27(19(28)15-2-1-5-22-13-15)18-14-24-20(30-18)25-17-12-16(3-6-23-17)26-8-10-29-11-9-26/h1-3,5-6,12-14H,4,7-11,21H2,(H,23,24,25). The fraction of sp³-hybridized carbons (Fsp3) is 0.300. The summed E-state index contributed by atoms with van der Waals surface area (Å²) < 4.78 is 5.42. The van der Waals surface area contributed by atoms with Crippen molar-refractivity contribution in [3.63, 3.8) is 0 Å². The zero-order chi connectivity index (χ0) is 20.8. The summed E-state index contributed by atoms with van der Waals surface area (Å²) in [5, 5.41) is 4.60. The molecule has 0 aromatic carbocycles. The van der Waals surface area contributed by atoms with Gasteiger partial charge in [-0.25, -0.2) is 9.97 Å². The molecule has 0 saturated carbocycles. The predicted octanol–water partition coefficient (Wildman–Crippen LogP) is 2.12. The number of ether oxygens (including phenoxy) is 1. The van der Waals surface area contributed by atoms with Gasteiger partial charge in [-0.3, -0.25) is 14.7 Å². The Hall–Kier alpha value is -3.08. The molecule has 4 rings (SSSR count). The SMILES string of the molecule is NCCN(C(=O)c1cccnc1)c1cnc(Nc2cc(N3CCOCC3)ccn2)s1. The molecule has 10 heteroatoms. The van der Waals surface area contributed by atoms with Crippen molar-refractivity contribution in [2.75, 3.05) is 54.5 Å². The van der Waals surface area contributed by atoms with Crippen LogP contribution in [0.25, 0.3) is 0 Å². The average Bonchev–Trinajstić information content (AvgIpc) is 3.26. The Labute approximate surface area is 178 Å². The summed E-state index contributed by atoms with van der Waals surface area (Å²) >= 11 is 1.37. The lowest BCUT2D eigenvalue weighted by atomic mass is 10.2. The van der Waals surface area contributed by atoms with Gasteiger partial charge in [0.2, 0.25) is 0 Å². The zero-order valence-electron chi connectivity index (χ0n) is 16.4. The Morgan fingerprint density at radius 2 is 2.10 bits per heavy atom. The molecule has 4 heterocycles. The molecule has 0 aliphatic carbocycles. The number of carbonyl (C=O) groups excluding carboxylic acids is 1. The van der Waals surface area contributed by atoms with E-state index >= 15 is 0 Å². The van der Waals surface area contributed by atoms with Crippen molar-refractivity contribution in [2.24, 2.45) is 5.73 Å². The number of pyridine rings is 2. The molecule has 9 nitrogen and oxygen atoms in total. The summed E-state index contributed by atoms with van der Waals surface area (Å²) in [6, 6.07) is 7.45. The van der Waals surface area contributed by atoms with E-state index in [1.807, 2.05) is 12.1 Å². The van der Waals surface area contributed by atoms with Crippen molar-refractivity contribution in [3.8, 4) is 0 Å². The zero-order valence-corrected chi connectivity index (χ0v) is 17.2. The molecule has 1 aliphatic heterocycles. The maximum absolute atomic E-state index is 12.9. The van der Waals surface area contributed by atoms with Crippen molar-refractivity contribution in [1.29, 1.82) is 0 Å². The second-order valence-corrected chi connectivity index (χ2v) is 7.62. The molecule has 1 amide bonds. The summed E-state index contributed by atoms with van der Waals surface area (Å²) in [5.74, 6) is 0.542. The normalized spacial score (nSPS) is 13.8. The summed E-state index contributed by atoms with van der Waals surface area (Å²) in [5.41, 5.74) is 7.33. The van der Waals surface area contributed by atoms with Gasteiger partial charge >= 0.3 is 0 Å². The van der Waals surface area contributed by atoms with Gasteiger partial charge in [0.15, 0.2) is 5.13 Å². The number of anilines is 4. The number of nitrogens with two attached hydrogens (primary N) is 1. The Morgan fingerprint density at radius 1 is 1.23 bits per heavy atom. The number of morpholine rings is 1. The van der Waals surface area contributed by atoms with Crippen LogP contribution in [-0.2, 0) is 4.74 Å². The van der Waals surface area contributed by atoms with Gasteiger partial charge in [0.25, 0.3) is 5.91 Å². The van der Waals surface area contributed by atoms with Gasteiger partial charge in [0.05, 0.1) is 25.0 Å². The maximum Gasteiger partial charge on any atom is 0.260 e. The molecule has 3 aromatic rings. The first-order valence-electron chi connectivity index (χ1n) is 9.68.